The van der Waals surface area contributed by atoms with Crippen LogP contribution < -0.4 is 4.74 Å². The van der Waals surface area contributed by atoms with E-state index in [9.17, 15) is 0 Å². The van der Waals surface area contributed by atoms with Gasteiger partial charge in [-0.3, -0.25) is 0 Å². The minimum Gasteiger partial charge on any atom is -0.455 e. The molecule has 0 atom stereocenters. The lowest BCUT2D eigenvalue weighted by Gasteiger charge is -2.21. The molecule has 62 heavy (non-hydrogen) atoms. The molecule has 0 saturated heterocycles. The fourth-order valence-corrected chi connectivity index (χ4v) is 8.46. The first-order valence-electron chi connectivity index (χ1n) is 20.3. The van der Waals surface area contributed by atoms with Crippen LogP contribution in [-0.4, -0.2) is 29.9 Å². The lowest BCUT2D eigenvalue weighted by molar-refractivity contribution is 0.455. The summed E-state index contributed by atoms with van der Waals surface area (Å²) in [5.41, 5.74) is 9.24. The second kappa shape index (κ2) is 16.2. The molecule has 8 heteroatoms. The van der Waals surface area contributed by atoms with Crippen LogP contribution in [0.3, 0.4) is 0 Å². The van der Waals surface area contributed by atoms with Crippen molar-refractivity contribution in [2.24, 2.45) is 0 Å². The predicted octanol–water partition coefficient (Wildman–Crippen LogP) is 13.6. The molecule has 10 aromatic rings. The zero-order valence-electron chi connectivity index (χ0n) is 33.1. The third-order valence-electron chi connectivity index (χ3n) is 10.7. The van der Waals surface area contributed by atoms with E-state index in [4.69, 9.17) is 34.6 Å². The Labute approximate surface area is 362 Å². The molecular weight excluding hydrogens is 781 g/mol. The van der Waals surface area contributed by atoms with Crippen LogP contribution in [0, 0.1) is 0 Å². The Balaban J connectivity index is 1.09. The molecular formula is C54H34N6OS. The highest BCUT2D eigenvalue weighted by Crippen LogP contribution is 2.50. The van der Waals surface area contributed by atoms with Crippen LogP contribution in [0.2, 0.25) is 0 Å². The molecule has 11 rings (SSSR count). The summed E-state index contributed by atoms with van der Waals surface area (Å²) in [6.07, 6.45) is 0. The number of ether oxygens (including phenoxy) is 1. The van der Waals surface area contributed by atoms with Crippen molar-refractivity contribution < 1.29 is 4.74 Å². The van der Waals surface area contributed by atoms with Gasteiger partial charge in [0, 0.05) is 33.4 Å². The Morgan fingerprint density at radius 2 is 0.613 bits per heavy atom. The normalized spacial score (nSPS) is 11.6. The van der Waals surface area contributed by atoms with E-state index in [2.05, 4.69) is 78.9 Å². The standard InChI is InChI=1S/C54H34N6OS/c1-6-16-35(17-7-1)40-27-30-47-45(33-40)61-46-34-41(28-31-48(46)62-47)43-29-26-42(53-57-49(36-18-8-2-9-19-36)55-50(58-53)37-20-10-3-11-21-37)32-44(43)54-59-51(38-22-12-4-13-23-38)56-52(60-54)39-24-14-5-15-25-39/h1-34H. The van der Waals surface area contributed by atoms with Gasteiger partial charge in [-0.1, -0.05) is 188 Å². The van der Waals surface area contributed by atoms with E-state index in [1.807, 2.05) is 127 Å². The summed E-state index contributed by atoms with van der Waals surface area (Å²) >= 11 is 1.71. The topological polar surface area (TPSA) is 86.6 Å². The van der Waals surface area contributed by atoms with E-state index in [1.54, 1.807) is 11.8 Å². The van der Waals surface area contributed by atoms with Gasteiger partial charge in [0.1, 0.15) is 11.5 Å². The van der Waals surface area contributed by atoms with Crippen LogP contribution in [0.15, 0.2) is 216 Å². The average Bonchev–Trinajstić information content (AvgIpc) is 3.36. The fraction of sp³-hybridized carbons (Fsp3) is 0. The van der Waals surface area contributed by atoms with Gasteiger partial charge in [0.25, 0.3) is 0 Å². The van der Waals surface area contributed by atoms with E-state index >= 15 is 0 Å². The van der Waals surface area contributed by atoms with Gasteiger partial charge in [-0.05, 0) is 52.6 Å². The van der Waals surface area contributed by atoms with Crippen molar-refractivity contribution in [1.29, 1.82) is 0 Å². The number of hydrogen-bond donors (Lipinski definition) is 0. The van der Waals surface area contributed by atoms with Crippen LogP contribution in [0.25, 0.3) is 90.6 Å². The average molecular weight is 815 g/mol. The Bertz CT molecular complexity index is 3110. The molecule has 0 radical (unpaired) electrons. The summed E-state index contributed by atoms with van der Waals surface area (Å²) in [5, 5.41) is 0. The number of fused-ring (bicyclic) bond motifs is 2. The molecule has 1 aliphatic rings. The zero-order chi connectivity index (χ0) is 41.2. The first kappa shape index (κ1) is 37.0. The number of nitrogens with zero attached hydrogens (tertiary/aromatic N) is 6. The molecule has 7 nitrogen and oxygen atoms in total. The number of benzene rings is 8. The van der Waals surface area contributed by atoms with E-state index in [0.29, 0.717) is 34.9 Å². The second-order valence-electron chi connectivity index (χ2n) is 14.7. The summed E-state index contributed by atoms with van der Waals surface area (Å²) in [7, 11) is 0. The Morgan fingerprint density at radius 1 is 0.258 bits per heavy atom. The van der Waals surface area contributed by atoms with Crippen molar-refractivity contribution in [1.82, 2.24) is 29.9 Å². The van der Waals surface area contributed by atoms with E-state index < -0.39 is 0 Å². The molecule has 0 fully saturated rings. The smallest absolute Gasteiger partial charge is 0.164 e. The fourth-order valence-electron chi connectivity index (χ4n) is 7.55. The summed E-state index contributed by atoms with van der Waals surface area (Å²) in [4.78, 5) is 32.6. The second-order valence-corrected chi connectivity index (χ2v) is 15.8. The summed E-state index contributed by atoms with van der Waals surface area (Å²) < 4.78 is 6.72. The monoisotopic (exact) mass is 814 g/mol. The van der Waals surface area contributed by atoms with Crippen molar-refractivity contribution in [3.63, 3.8) is 0 Å². The van der Waals surface area contributed by atoms with Crippen LogP contribution in [-0.2, 0) is 0 Å². The lowest BCUT2D eigenvalue weighted by Crippen LogP contribution is -2.03. The molecule has 0 bridgehead atoms. The SMILES string of the molecule is c1ccc(-c2ccc3c(c2)Oc2cc(-c4ccc(-c5nc(-c6ccccc6)nc(-c6ccccc6)n5)cc4-c4nc(-c5ccccc5)nc(-c5ccccc5)n4)ccc2S3)cc1. The van der Waals surface area contributed by atoms with Gasteiger partial charge in [0.2, 0.25) is 0 Å². The molecule has 0 amide bonds. The minimum atomic E-state index is 0.515. The molecule has 2 aromatic heterocycles. The summed E-state index contributed by atoms with van der Waals surface area (Å²) in [6.45, 7) is 0. The molecule has 0 saturated carbocycles. The molecule has 3 heterocycles. The van der Waals surface area contributed by atoms with E-state index in [-0.39, 0.29) is 0 Å². The third kappa shape index (κ3) is 7.40. The first-order valence-corrected chi connectivity index (χ1v) is 21.1. The maximum Gasteiger partial charge on any atom is 0.164 e. The summed E-state index contributed by atoms with van der Waals surface area (Å²) in [6, 6.07) is 69.4. The molecule has 0 aliphatic carbocycles. The highest BCUT2D eigenvalue weighted by molar-refractivity contribution is 7.99. The molecule has 0 spiro atoms. The van der Waals surface area contributed by atoms with Gasteiger partial charge in [0.05, 0.1) is 9.79 Å². The van der Waals surface area contributed by atoms with Crippen LogP contribution >= 0.6 is 11.8 Å². The van der Waals surface area contributed by atoms with E-state index in [1.165, 1.54) is 0 Å². The number of hydrogen-bond acceptors (Lipinski definition) is 8. The van der Waals surface area contributed by atoms with Gasteiger partial charge >= 0.3 is 0 Å². The van der Waals surface area contributed by atoms with Crippen molar-refractivity contribution in [2.75, 3.05) is 0 Å². The minimum absolute atomic E-state index is 0.515. The van der Waals surface area contributed by atoms with Crippen molar-refractivity contribution >= 4 is 11.8 Å². The maximum atomic E-state index is 6.72. The molecule has 0 unspecified atom stereocenters. The predicted molar refractivity (Wildman–Crippen MR) is 247 cm³/mol. The Kier molecular flexibility index (Phi) is 9.65. The van der Waals surface area contributed by atoms with Crippen LogP contribution in [0.4, 0.5) is 0 Å². The van der Waals surface area contributed by atoms with Gasteiger partial charge in [0.15, 0.2) is 34.9 Å². The quantitative estimate of drug-likeness (QED) is 0.150. The van der Waals surface area contributed by atoms with E-state index in [0.717, 1.165) is 76.9 Å². The molecule has 0 N–H and O–H groups in total. The van der Waals surface area contributed by atoms with Crippen molar-refractivity contribution in [3.05, 3.63) is 206 Å². The molecule has 8 aromatic carbocycles. The van der Waals surface area contributed by atoms with Gasteiger partial charge < -0.3 is 4.74 Å². The van der Waals surface area contributed by atoms with Crippen molar-refractivity contribution in [3.8, 4) is 102 Å². The zero-order valence-corrected chi connectivity index (χ0v) is 33.9. The lowest BCUT2D eigenvalue weighted by atomic mass is 9.96. The van der Waals surface area contributed by atoms with Crippen LogP contribution in [0.5, 0.6) is 11.5 Å². The molecule has 1 aliphatic heterocycles. The Hall–Kier alpha value is -8.07. The number of aromatic nitrogens is 6. The maximum absolute atomic E-state index is 6.72. The summed E-state index contributed by atoms with van der Waals surface area (Å²) in [5.74, 6) is 4.95. The number of rotatable bonds is 8. The molecule has 292 valence electrons. The third-order valence-corrected chi connectivity index (χ3v) is 11.8. The largest absolute Gasteiger partial charge is 0.455 e. The van der Waals surface area contributed by atoms with Gasteiger partial charge in [-0.2, -0.15) is 0 Å². The van der Waals surface area contributed by atoms with Gasteiger partial charge in [-0.15, -0.1) is 0 Å². The highest BCUT2D eigenvalue weighted by Gasteiger charge is 2.23. The van der Waals surface area contributed by atoms with Crippen molar-refractivity contribution in [2.45, 2.75) is 9.79 Å². The van der Waals surface area contributed by atoms with Crippen LogP contribution in [0.1, 0.15) is 0 Å². The first-order chi connectivity index (χ1) is 30.7. The Morgan fingerprint density at radius 3 is 1.06 bits per heavy atom. The van der Waals surface area contributed by atoms with Gasteiger partial charge in [-0.25, -0.2) is 29.9 Å². The highest BCUT2D eigenvalue weighted by atomic mass is 32.2.